The zero-order valence-corrected chi connectivity index (χ0v) is 21.5. The lowest BCUT2D eigenvalue weighted by Crippen LogP contribution is -2.35. The molecule has 1 aliphatic carbocycles. The highest BCUT2D eigenvalue weighted by Crippen LogP contribution is 2.26. The SMILES string of the molecule is C=C(C)/C=C\C(=C/C)C1=CC=C(S)CC1.CC.CCNCCN1CCCCC1.CN. The van der Waals surface area contributed by atoms with E-state index in [-0.39, 0.29) is 0 Å². The van der Waals surface area contributed by atoms with Gasteiger partial charge in [-0.05, 0) is 82.3 Å². The Kier molecular flexibility index (Phi) is 23.5. The van der Waals surface area contributed by atoms with Gasteiger partial charge in [-0.1, -0.05) is 69.7 Å². The lowest BCUT2D eigenvalue weighted by Gasteiger charge is -2.26. The van der Waals surface area contributed by atoms with E-state index in [4.69, 9.17) is 0 Å². The van der Waals surface area contributed by atoms with Crippen molar-refractivity contribution in [3.63, 3.8) is 0 Å². The van der Waals surface area contributed by atoms with Crippen molar-refractivity contribution in [2.45, 2.75) is 66.7 Å². The Morgan fingerprint density at radius 3 is 2.23 bits per heavy atom. The zero-order chi connectivity index (χ0) is 23.2. The molecule has 0 aromatic rings. The van der Waals surface area contributed by atoms with Crippen molar-refractivity contribution in [2.75, 3.05) is 39.8 Å². The summed E-state index contributed by atoms with van der Waals surface area (Å²) in [6.45, 7) is 20.3. The second kappa shape index (κ2) is 22.6. The summed E-state index contributed by atoms with van der Waals surface area (Å²) >= 11 is 4.35. The Labute approximate surface area is 193 Å². The summed E-state index contributed by atoms with van der Waals surface area (Å²) in [5.74, 6) is 0. The van der Waals surface area contributed by atoms with Crippen LogP contribution < -0.4 is 11.1 Å². The Balaban J connectivity index is 0. The molecule has 0 unspecified atom stereocenters. The fourth-order valence-electron chi connectivity index (χ4n) is 3.08. The van der Waals surface area contributed by atoms with Gasteiger partial charge in [-0.15, -0.1) is 12.6 Å². The average molecular weight is 436 g/mol. The molecule has 2 aliphatic rings. The number of nitrogens with one attached hydrogen (secondary N) is 1. The molecule has 0 aromatic carbocycles. The van der Waals surface area contributed by atoms with E-state index >= 15 is 0 Å². The van der Waals surface area contributed by atoms with Crippen molar-refractivity contribution in [1.82, 2.24) is 10.2 Å². The van der Waals surface area contributed by atoms with Crippen LogP contribution in [0.5, 0.6) is 0 Å². The van der Waals surface area contributed by atoms with Crippen LogP contribution in [0.3, 0.4) is 0 Å². The highest BCUT2D eigenvalue weighted by atomic mass is 32.1. The highest BCUT2D eigenvalue weighted by Gasteiger charge is 2.08. The number of rotatable bonds is 7. The standard InChI is InChI=1S/C14H18S.C9H20N2.C2H6.CH5N/c1-4-12(6-5-11(2)3)13-7-9-14(15)10-8-13;1-2-10-6-9-11-7-4-3-5-8-11;2*1-2/h4-7,9,15H,2,8,10H2,1,3H3;10H,2-9H2,1H3;1-2H3;2H2,1H3/b6-5-,12-4+;;;. The van der Waals surface area contributed by atoms with Gasteiger partial charge in [0.25, 0.3) is 0 Å². The van der Waals surface area contributed by atoms with E-state index < -0.39 is 0 Å². The van der Waals surface area contributed by atoms with Crippen LogP contribution in [0.15, 0.2) is 58.6 Å². The van der Waals surface area contributed by atoms with Crippen molar-refractivity contribution < 1.29 is 0 Å². The van der Waals surface area contributed by atoms with E-state index in [2.05, 4.69) is 79.4 Å². The quantitative estimate of drug-likeness (QED) is 0.250. The number of piperidine rings is 1. The van der Waals surface area contributed by atoms with E-state index in [1.54, 1.807) is 0 Å². The maximum Gasteiger partial charge on any atom is 0.0107 e. The van der Waals surface area contributed by atoms with Gasteiger partial charge in [0, 0.05) is 13.1 Å². The smallest absolute Gasteiger partial charge is 0.0107 e. The van der Waals surface area contributed by atoms with Gasteiger partial charge >= 0.3 is 0 Å². The predicted octanol–water partition coefficient (Wildman–Crippen LogP) is 6.28. The lowest BCUT2D eigenvalue weighted by molar-refractivity contribution is 0.229. The zero-order valence-electron chi connectivity index (χ0n) is 20.6. The first-order valence-electron chi connectivity index (χ1n) is 11.7. The number of likely N-dealkylation sites (N-methyl/N-ethyl adjacent to an activating group) is 1. The average Bonchev–Trinajstić information content (AvgIpc) is 2.79. The minimum atomic E-state index is 1.05. The lowest BCUT2D eigenvalue weighted by atomic mass is 9.96. The van der Waals surface area contributed by atoms with Crippen LogP contribution in [0, 0.1) is 0 Å². The van der Waals surface area contributed by atoms with Gasteiger partial charge in [0.1, 0.15) is 0 Å². The summed E-state index contributed by atoms with van der Waals surface area (Å²) in [6.07, 6.45) is 17.0. The molecule has 174 valence electrons. The van der Waals surface area contributed by atoms with E-state index in [1.165, 1.54) is 57.1 Å². The molecular formula is C26H49N3S. The Bertz CT molecular complexity index is 538. The molecule has 0 atom stereocenters. The van der Waals surface area contributed by atoms with E-state index in [0.717, 1.165) is 36.4 Å². The molecule has 30 heavy (non-hydrogen) atoms. The molecule has 1 aliphatic heterocycles. The normalized spacial score (nSPS) is 16.7. The van der Waals surface area contributed by atoms with Gasteiger partial charge in [0.05, 0.1) is 0 Å². The topological polar surface area (TPSA) is 41.3 Å². The molecular weight excluding hydrogens is 386 g/mol. The molecule has 1 saturated heterocycles. The summed E-state index contributed by atoms with van der Waals surface area (Å²) in [5, 5.41) is 3.35. The molecule has 0 aromatic heterocycles. The maximum absolute atomic E-state index is 4.50. The molecule has 0 saturated carbocycles. The van der Waals surface area contributed by atoms with Crippen LogP contribution >= 0.6 is 12.6 Å². The molecule has 0 amide bonds. The number of thiol groups is 1. The van der Waals surface area contributed by atoms with Crippen molar-refractivity contribution in [2.24, 2.45) is 5.73 Å². The first-order valence-corrected chi connectivity index (χ1v) is 12.1. The first-order chi connectivity index (χ1) is 14.6. The Morgan fingerprint density at radius 2 is 1.77 bits per heavy atom. The minimum Gasteiger partial charge on any atom is -0.333 e. The number of hydrogen-bond donors (Lipinski definition) is 3. The largest absolute Gasteiger partial charge is 0.333 e. The van der Waals surface area contributed by atoms with Crippen LogP contribution in [0.4, 0.5) is 0 Å². The summed E-state index contributed by atoms with van der Waals surface area (Å²) in [7, 11) is 1.50. The number of likely N-dealkylation sites (tertiary alicyclic amines) is 1. The van der Waals surface area contributed by atoms with Crippen LogP contribution in [0.25, 0.3) is 0 Å². The van der Waals surface area contributed by atoms with E-state index in [0.29, 0.717) is 0 Å². The van der Waals surface area contributed by atoms with Crippen molar-refractivity contribution >= 4 is 12.6 Å². The minimum absolute atomic E-state index is 1.05. The molecule has 4 heteroatoms. The second-order valence-electron chi connectivity index (χ2n) is 7.03. The van der Waals surface area contributed by atoms with Crippen LogP contribution in [0.2, 0.25) is 0 Å². The van der Waals surface area contributed by atoms with E-state index in [1.807, 2.05) is 20.8 Å². The van der Waals surface area contributed by atoms with Crippen LogP contribution in [-0.2, 0) is 0 Å². The van der Waals surface area contributed by atoms with Gasteiger partial charge in [0.2, 0.25) is 0 Å². The van der Waals surface area contributed by atoms with Gasteiger partial charge in [-0.25, -0.2) is 0 Å². The third kappa shape index (κ3) is 16.7. The highest BCUT2D eigenvalue weighted by molar-refractivity contribution is 7.84. The summed E-state index contributed by atoms with van der Waals surface area (Å²) < 4.78 is 0. The molecule has 0 radical (unpaired) electrons. The van der Waals surface area contributed by atoms with Crippen molar-refractivity contribution in [1.29, 1.82) is 0 Å². The third-order valence-corrected chi connectivity index (χ3v) is 5.03. The van der Waals surface area contributed by atoms with Gasteiger partial charge in [0.15, 0.2) is 0 Å². The molecule has 0 bridgehead atoms. The number of hydrogen-bond acceptors (Lipinski definition) is 4. The fourth-order valence-corrected chi connectivity index (χ4v) is 3.27. The monoisotopic (exact) mass is 435 g/mol. The summed E-state index contributed by atoms with van der Waals surface area (Å²) in [6, 6.07) is 0. The first kappa shape index (κ1) is 31.1. The summed E-state index contributed by atoms with van der Waals surface area (Å²) in [4.78, 5) is 3.73. The molecule has 3 N–H and O–H groups in total. The van der Waals surface area contributed by atoms with Crippen LogP contribution in [0.1, 0.15) is 66.7 Å². The third-order valence-electron chi connectivity index (χ3n) is 4.66. The van der Waals surface area contributed by atoms with Gasteiger partial charge in [-0.2, -0.15) is 0 Å². The van der Waals surface area contributed by atoms with Crippen LogP contribution in [-0.4, -0.2) is 44.7 Å². The number of nitrogens with zero attached hydrogens (tertiary/aromatic N) is 1. The second-order valence-corrected chi connectivity index (χ2v) is 7.60. The maximum atomic E-state index is 4.50. The van der Waals surface area contributed by atoms with Crippen molar-refractivity contribution in [3.05, 3.63) is 58.6 Å². The van der Waals surface area contributed by atoms with Crippen molar-refractivity contribution in [3.8, 4) is 0 Å². The Hall–Kier alpha value is -1.07. The molecule has 1 heterocycles. The molecule has 1 fully saturated rings. The molecule has 0 spiro atoms. The predicted molar refractivity (Wildman–Crippen MR) is 142 cm³/mol. The molecule has 2 rings (SSSR count). The molecule has 3 nitrogen and oxygen atoms in total. The number of nitrogens with two attached hydrogens (primary N) is 1. The fraction of sp³-hybridized carbons (Fsp3) is 0.615. The van der Waals surface area contributed by atoms with Gasteiger partial charge < -0.3 is 16.0 Å². The number of allylic oxidation sites excluding steroid dienone is 9. The van der Waals surface area contributed by atoms with Gasteiger partial charge in [-0.3, -0.25) is 0 Å². The summed E-state index contributed by atoms with van der Waals surface area (Å²) in [5.41, 5.74) is 8.25. The van der Waals surface area contributed by atoms with E-state index in [9.17, 15) is 0 Å². The Morgan fingerprint density at radius 1 is 1.13 bits per heavy atom.